The normalized spacial score (nSPS) is 11.8. The van der Waals surface area contributed by atoms with Gasteiger partial charge in [-0.25, -0.2) is 9.59 Å². The molecule has 1 aromatic rings. The summed E-state index contributed by atoms with van der Waals surface area (Å²) in [5.74, 6) is -1.58. The average Bonchev–Trinajstić information content (AvgIpc) is 3.03. The summed E-state index contributed by atoms with van der Waals surface area (Å²) in [4.78, 5) is 43.8. The van der Waals surface area contributed by atoms with E-state index in [9.17, 15) is 9.59 Å². The molecule has 0 aliphatic heterocycles. The lowest BCUT2D eigenvalue weighted by Crippen LogP contribution is -2.35. The molecule has 0 aliphatic rings. The van der Waals surface area contributed by atoms with Crippen molar-refractivity contribution in [3.63, 3.8) is 0 Å². The van der Waals surface area contributed by atoms with Crippen molar-refractivity contribution in [1.29, 1.82) is 0 Å². The minimum Gasteiger partial charge on any atom is -0.368 e. The fraction of sp³-hybridized carbons (Fsp3) is 0.706. The molecule has 0 bridgehead atoms. The first-order valence-corrected chi connectivity index (χ1v) is 17.1. The monoisotopic (exact) mass is 616 g/mol. The van der Waals surface area contributed by atoms with Crippen LogP contribution in [-0.2, 0) is 9.68 Å². The molecule has 10 nitrogen and oxygen atoms in total. The number of benzene rings is 1. The largest absolute Gasteiger partial charge is 0.368 e. The lowest BCUT2D eigenvalue weighted by atomic mass is 10.1. The van der Waals surface area contributed by atoms with E-state index in [1.54, 1.807) is 12.1 Å². The number of carbonyl (C=O) groups excluding carboxylic acids is 2. The van der Waals surface area contributed by atoms with Gasteiger partial charge < -0.3 is 21.1 Å². The molecule has 0 heterocycles. The molecule has 0 aromatic heterocycles. The summed E-state index contributed by atoms with van der Waals surface area (Å²) in [6.45, 7) is 5.56. The Morgan fingerprint density at radius 2 is 0.841 bits per heavy atom. The number of nitrogens with two attached hydrogens (primary N) is 2. The smallest absolute Gasteiger partial charge is 0.363 e. The van der Waals surface area contributed by atoms with Crippen LogP contribution < -0.4 is 22.4 Å². The summed E-state index contributed by atoms with van der Waals surface area (Å²) in [6.07, 6.45) is 24.7. The van der Waals surface area contributed by atoms with Gasteiger partial charge in [-0.2, -0.15) is 11.0 Å². The lowest BCUT2D eigenvalue weighted by molar-refractivity contribution is 0.0336. The highest BCUT2D eigenvalue weighted by molar-refractivity contribution is 6.03. The molecule has 0 unspecified atom stereocenters. The zero-order chi connectivity index (χ0) is 32.1. The van der Waals surface area contributed by atoms with Gasteiger partial charge in [-0.15, -0.1) is 0 Å². The van der Waals surface area contributed by atoms with Crippen LogP contribution in [0.3, 0.4) is 0 Å². The third-order valence-corrected chi connectivity index (χ3v) is 7.45. The van der Waals surface area contributed by atoms with Crippen molar-refractivity contribution in [2.45, 2.75) is 142 Å². The van der Waals surface area contributed by atoms with E-state index in [1.165, 1.54) is 115 Å². The van der Waals surface area contributed by atoms with Gasteiger partial charge >= 0.3 is 11.9 Å². The number of rotatable bonds is 24. The van der Waals surface area contributed by atoms with Crippen molar-refractivity contribution in [2.24, 2.45) is 21.5 Å². The topological polar surface area (TPSA) is 153 Å². The summed E-state index contributed by atoms with van der Waals surface area (Å²) in [5, 5.41) is 0. The van der Waals surface area contributed by atoms with Gasteiger partial charge in [0.2, 0.25) is 11.9 Å². The SMILES string of the molecule is CCCCCCCCCCCCN=C(N)NOC(=O)c1ccccc1C(=O)ONC(N)=NCCCCCCCCCCCC. The Morgan fingerprint density at radius 1 is 0.545 bits per heavy atom. The van der Waals surface area contributed by atoms with E-state index < -0.39 is 11.9 Å². The molecule has 0 spiro atoms. The Balaban J connectivity index is 2.28. The van der Waals surface area contributed by atoms with Gasteiger partial charge in [-0.3, -0.25) is 9.98 Å². The zero-order valence-corrected chi connectivity index (χ0v) is 27.5. The number of hydrogen-bond donors (Lipinski definition) is 4. The van der Waals surface area contributed by atoms with Gasteiger partial charge in [-0.05, 0) is 25.0 Å². The molecule has 44 heavy (non-hydrogen) atoms. The van der Waals surface area contributed by atoms with Gasteiger partial charge in [0.25, 0.3) is 0 Å². The van der Waals surface area contributed by atoms with Crippen LogP contribution in [0.4, 0.5) is 0 Å². The maximum Gasteiger partial charge on any atom is 0.363 e. The number of unbranched alkanes of at least 4 members (excludes halogenated alkanes) is 18. The highest BCUT2D eigenvalue weighted by atomic mass is 16.7. The maximum absolute atomic E-state index is 12.6. The fourth-order valence-electron chi connectivity index (χ4n) is 4.81. The first-order valence-electron chi connectivity index (χ1n) is 17.1. The molecule has 10 heteroatoms. The molecule has 250 valence electrons. The molecule has 0 saturated carbocycles. The van der Waals surface area contributed by atoms with Crippen LogP contribution in [0.25, 0.3) is 0 Å². The van der Waals surface area contributed by atoms with Crippen molar-refractivity contribution in [3.05, 3.63) is 35.4 Å². The first-order chi connectivity index (χ1) is 21.5. The van der Waals surface area contributed by atoms with Gasteiger partial charge in [0.1, 0.15) is 0 Å². The molecular weight excluding hydrogens is 556 g/mol. The summed E-state index contributed by atoms with van der Waals surface area (Å²) < 4.78 is 0. The average molecular weight is 617 g/mol. The molecule has 1 rings (SSSR count). The molecule has 1 aromatic carbocycles. The third kappa shape index (κ3) is 20.6. The second-order valence-corrected chi connectivity index (χ2v) is 11.4. The van der Waals surface area contributed by atoms with E-state index in [0.29, 0.717) is 13.1 Å². The molecule has 0 amide bonds. The predicted octanol–water partition coefficient (Wildman–Crippen LogP) is 7.48. The van der Waals surface area contributed by atoms with Gasteiger partial charge in [0.15, 0.2) is 0 Å². The van der Waals surface area contributed by atoms with Crippen LogP contribution >= 0.6 is 0 Å². The van der Waals surface area contributed by atoms with Gasteiger partial charge in [0.05, 0.1) is 11.1 Å². The van der Waals surface area contributed by atoms with Crippen LogP contribution in [0, 0.1) is 0 Å². The summed E-state index contributed by atoms with van der Waals surface area (Å²) >= 11 is 0. The van der Waals surface area contributed by atoms with Crippen LogP contribution in [0.2, 0.25) is 0 Å². The number of aliphatic imine (C=N–C) groups is 2. The molecular formula is C34H60N6O4. The molecule has 0 atom stereocenters. The Bertz CT molecular complexity index is 878. The minimum absolute atomic E-state index is 0.00222. The van der Waals surface area contributed by atoms with E-state index >= 15 is 0 Å². The van der Waals surface area contributed by atoms with Crippen molar-refractivity contribution < 1.29 is 19.3 Å². The minimum atomic E-state index is -0.794. The second-order valence-electron chi connectivity index (χ2n) is 11.4. The van der Waals surface area contributed by atoms with Crippen LogP contribution in [-0.4, -0.2) is 36.9 Å². The highest BCUT2D eigenvalue weighted by Crippen LogP contribution is 2.13. The number of guanidine groups is 2. The number of nitrogens with zero attached hydrogens (tertiary/aromatic N) is 2. The number of carbonyl (C=O) groups is 2. The van der Waals surface area contributed by atoms with Crippen molar-refractivity contribution in [1.82, 2.24) is 11.0 Å². The van der Waals surface area contributed by atoms with Gasteiger partial charge in [-0.1, -0.05) is 142 Å². The van der Waals surface area contributed by atoms with E-state index in [4.69, 9.17) is 21.1 Å². The molecule has 0 fully saturated rings. The van der Waals surface area contributed by atoms with Crippen LogP contribution in [0.5, 0.6) is 0 Å². The van der Waals surface area contributed by atoms with Crippen LogP contribution in [0.15, 0.2) is 34.3 Å². The first kappa shape index (κ1) is 38.7. The summed E-state index contributed by atoms with van der Waals surface area (Å²) in [7, 11) is 0. The van der Waals surface area contributed by atoms with E-state index in [-0.39, 0.29) is 23.0 Å². The fourth-order valence-corrected chi connectivity index (χ4v) is 4.81. The van der Waals surface area contributed by atoms with E-state index in [0.717, 1.165) is 25.7 Å². The maximum atomic E-state index is 12.6. The van der Waals surface area contributed by atoms with Crippen LogP contribution in [0.1, 0.15) is 163 Å². The standard InChI is InChI=1S/C34H60N6O4/c1-3-5-7-9-11-13-15-17-19-23-27-37-33(35)39-43-31(41)29-25-21-22-26-30(29)32(42)44-40-34(36)38-28-24-20-18-16-14-12-10-8-6-4-2/h21-22,25-26H,3-20,23-24,27-28H2,1-2H3,(H3,35,37,39)(H3,36,38,40). The number of hydroxylamine groups is 2. The van der Waals surface area contributed by atoms with Gasteiger partial charge in [0, 0.05) is 13.1 Å². The van der Waals surface area contributed by atoms with Crippen molar-refractivity contribution in [2.75, 3.05) is 13.1 Å². The molecule has 6 N–H and O–H groups in total. The second kappa shape index (κ2) is 27.3. The van der Waals surface area contributed by atoms with E-state index in [1.807, 2.05) is 0 Å². The third-order valence-electron chi connectivity index (χ3n) is 7.45. The van der Waals surface area contributed by atoms with Crippen molar-refractivity contribution >= 4 is 23.9 Å². The summed E-state index contributed by atoms with van der Waals surface area (Å²) in [5.41, 5.74) is 16.4. The molecule has 0 saturated heterocycles. The van der Waals surface area contributed by atoms with E-state index in [2.05, 4.69) is 34.8 Å². The number of nitrogens with one attached hydrogen (secondary N) is 2. The molecule has 0 aliphatic carbocycles. The summed E-state index contributed by atoms with van der Waals surface area (Å²) in [6, 6.07) is 6.15. The molecule has 0 radical (unpaired) electrons. The quantitative estimate of drug-likeness (QED) is 0.0403. The Morgan fingerprint density at radius 3 is 1.16 bits per heavy atom. The Kier molecular flexibility index (Phi) is 24.0. The van der Waals surface area contributed by atoms with Crippen molar-refractivity contribution in [3.8, 4) is 0 Å². The Hall–Kier alpha value is -3.30. The predicted molar refractivity (Wildman–Crippen MR) is 180 cm³/mol. The zero-order valence-electron chi connectivity index (χ0n) is 27.5. The number of hydrogen-bond acceptors (Lipinski definition) is 6. The highest BCUT2D eigenvalue weighted by Gasteiger charge is 2.20. The Labute approximate surface area is 266 Å². The lowest BCUT2D eigenvalue weighted by Gasteiger charge is -2.10.